The Bertz CT molecular complexity index is 585. The van der Waals surface area contributed by atoms with E-state index in [4.69, 9.17) is 0 Å². The summed E-state index contributed by atoms with van der Waals surface area (Å²) in [6.45, 7) is 6.22. The fourth-order valence-electron chi connectivity index (χ4n) is 1.92. The van der Waals surface area contributed by atoms with E-state index in [0.29, 0.717) is 10.9 Å². The van der Waals surface area contributed by atoms with Gasteiger partial charge in [0, 0.05) is 12.3 Å². The number of rotatable bonds is 1. The largest absolute Gasteiger partial charge is 0.278 e. The molecule has 0 N–H and O–H groups in total. The number of nitrogens with zero attached hydrogens (tertiary/aromatic N) is 2. The van der Waals surface area contributed by atoms with Crippen molar-refractivity contribution in [1.29, 1.82) is 0 Å². The third-order valence-electron chi connectivity index (χ3n) is 2.75. The lowest BCUT2D eigenvalue weighted by molar-refractivity contribution is -0.383. The number of hydrogen-bond acceptors (Lipinski definition) is 3. The minimum absolute atomic E-state index is 0.0816. The molecule has 0 aliphatic rings. The van der Waals surface area contributed by atoms with Crippen LogP contribution in [0.4, 0.5) is 5.69 Å². The van der Waals surface area contributed by atoms with Crippen molar-refractivity contribution in [3.05, 3.63) is 46.1 Å². The molecule has 0 radical (unpaired) electrons. The molecule has 0 aliphatic heterocycles. The molecule has 0 atom stereocenters. The summed E-state index contributed by atoms with van der Waals surface area (Å²) in [5, 5.41) is 11.6. The lowest BCUT2D eigenvalue weighted by Gasteiger charge is -2.20. The van der Waals surface area contributed by atoms with Gasteiger partial charge in [-0.25, -0.2) is 0 Å². The van der Waals surface area contributed by atoms with Gasteiger partial charge < -0.3 is 0 Å². The molecule has 2 rings (SSSR count). The zero-order chi connectivity index (χ0) is 12.6. The molecule has 0 saturated heterocycles. The van der Waals surface area contributed by atoms with Crippen LogP contribution in [0.25, 0.3) is 10.9 Å². The van der Waals surface area contributed by atoms with E-state index in [2.05, 4.69) is 25.8 Å². The Hall–Kier alpha value is -1.97. The first-order valence-electron chi connectivity index (χ1n) is 5.44. The van der Waals surface area contributed by atoms with Gasteiger partial charge in [-0.15, -0.1) is 0 Å². The van der Waals surface area contributed by atoms with Crippen molar-refractivity contribution in [2.75, 3.05) is 0 Å². The molecule has 1 aromatic heterocycles. The molecule has 17 heavy (non-hydrogen) atoms. The average molecular weight is 230 g/mol. The second-order valence-electron chi connectivity index (χ2n) is 5.04. The topological polar surface area (TPSA) is 56.0 Å². The highest BCUT2D eigenvalue weighted by Gasteiger charge is 2.21. The molecule has 88 valence electrons. The summed E-state index contributed by atoms with van der Waals surface area (Å²) in [4.78, 5) is 14.9. The summed E-state index contributed by atoms with van der Waals surface area (Å²) >= 11 is 0. The predicted molar refractivity (Wildman–Crippen MR) is 67.1 cm³/mol. The monoisotopic (exact) mass is 230 g/mol. The van der Waals surface area contributed by atoms with Gasteiger partial charge in [0.25, 0.3) is 5.69 Å². The van der Waals surface area contributed by atoms with Crippen LogP contribution in [-0.4, -0.2) is 9.91 Å². The molecule has 0 aliphatic carbocycles. The summed E-state index contributed by atoms with van der Waals surface area (Å²) in [7, 11) is 0. The fourth-order valence-corrected chi connectivity index (χ4v) is 1.92. The van der Waals surface area contributed by atoms with Crippen LogP contribution in [0.15, 0.2) is 30.5 Å². The van der Waals surface area contributed by atoms with Gasteiger partial charge in [0.2, 0.25) is 0 Å². The smallest absolute Gasteiger partial charge is 0.258 e. The first-order valence-corrected chi connectivity index (χ1v) is 5.44. The highest BCUT2D eigenvalue weighted by Crippen LogP contribution is 2.33. The van der Waals surface area contributed by atoms with Crippen LogP contribution < -0.4 is 0 Å². The first kappa shape index (κ1) is 11.5. The van der Waals surface area contributed by atoms with Crippen LogP contribution >= 0.6 is 0 Å². The fraction of sp³-hybridized carbons (Fsp3) is 0.308. The molecule has 1 aromatic carbocycles. The van der Waals surface area contributed by atoms with E-state index in [1.807, 2.05) is 0 Å². The van der Waals surface area contributed by atoms with Crippen molar-refractivity contribution >= 4 is 16.6 Å². The van der Waals surface area contributed by atoms with E-state index >= 15 is 0 Å². The lowest BCUT2D eigenvalue weighted by Crippen LogP contribution is -2.12. The van der Waals surface area contributed by atoms with Gasteiger partial charge in [0.15, 0.2) is 0 Å². The summed E-state index contributed by atoms with van der Waals surface area (Å²) in [5.74, 6) is 0. The number of hydrogen-bond donors (Lipinski definition) is 0. The van der Waals surface area contributed by atoms with Crippen molar-refractivity contribution in [1.82, 2.24) is 4.98 Å². The molecule has 0 spiro atoms. The Balaban J connectivity index is 2.85. The molecule has 2 aromatic rings. The SMILES string of the molecule is CC(C)(C)c1ccc([N+](=O)[O-])c2cccnc12. The third-order valence-corrected chi connectivity index (χ3v) is 2.75. The highest BCUT2D eigenvalue weighted by molar-refractivity contribution is 5.90. The predicted octanol–water partition coefficient (Wildman–Crippen LogP) is 3.44. The van der Waals surface area contributed by atoms with Crippen molar-refractivity contribution in [3.8, 4) is 0 Å². The standard InChI is InChI=1S/C13H14N2O2/c1-13(2,3)10-6-7-11(15(16)17)9-5-4-8-14-12(9)10/h4-8H,1-3H3. The van der Waals surface area contributed by atoms with Crippen LogP contribution in [0.1, 0.15) is 26.3 Å². The first-order chi connectivity index (χ1) is 7.91. The molecule has 1 heterocycles. The maximum Gasteiger partial charge on any atom is 0.278 e. The van der Waals surface area contributed by atoms with Gasteiger partial charge in [0.05, 0.1) is 15.8 Å². The molecule has 4 nitrogen and oxygen atoms in total. The lowest BCUT2D eigenvalue weighted by atomic mass is 9.85. The summed E-state index contributed by atoms with van der Waals surface area (Å²) in [6, 6.07) is 6.83. The van der Waals surface area contributed by atoms with Crippen molar-refractivity contribution in [2.24, 2.45) is 0 Å². The van der Waals surface area contributed by atoms with Crippen LogP contribution in [0.3, 0.4) is 0 Å². The van der Waals surface area contributed by atoms with Gasteiger partial charge in [-0.05, 0) is 29.2 Å². The number of non-ortho nitro benzene ring substituents is 1. The van der Waals surface area contributed by atoms with E-state index in [1.54, 1.807) is 30.5 Å². The van der Waals surface area contributed by atoms with Crippen molar-refractivity contribution < 1.29 is 4.92 Å². The number of benzene rings is 1. The Morgan fingerprint density at radius 2 is 1.94 bits per heavy atom. The molecule has 0 fully saturated rings. The Kier molecular flexibility index (Phi) is 2.58. The van der Waals surface area contributed by atoms with E-state index in [1.165, 1.54) is 0 Å². The summed E-state index contributed by atoms with van der Waals surface area (Å²) in [6.07, 6.45) is 1.67. The molecular formula is C13H14N2O2. The molecular weight excluding hydrogens is 216 g/mol. The number of fused-ring (bicyclic) bond motifs is 1. The normalized spacial score (nSPS) is 11.7. The van der Waals surface area contributed by atoms with Gasteiger partial charge in [-0.1, -0.05) is 20.8 Å². The quantitative estimate of drug-likeness (QED) is 0.557. The van der Waals surface area contributed by atoms with Crippen LogP contribution in [0, 0.1) is 10.1 Å². The zero-order valence-electron chi connectivity index (χ0n) is 10.1. The Labute approximate surface area is 99.4 Å². The van der Waals surface area contributed by atoms with E-state index in [0.717, 1.165) is 5.56 Å². The minimum Gasteiger partial charge on any atom is -0.258 e. The number of nitro groups is 1. The molecule has 4 heteroatoms. The van der Waals surface area contributed by atoms with E-state index < -0.39 is 0 Å². The maximum atomic E-state index is 11.0. The molecule has 0 bridgehead atoms. The zero-order valence-corrected chi connectivity index (χ0v) is 10.1. The molecule has 0 saturated carbocycles. The van der Waals surface area contributed by atoms with Gasteiger partial charge >= 0.3 is 0 Å². The molecule has 0 amide bonds. The number of aromatic nitrogens is 1. The van der Waals surface area contributed by atoms with E-state index in [-0.39, 0.29) is 16.0 Å². The Morgan fingerprint density at radius 1 is 1.24 bits per heavy atom. The number of nitro benzene ring substituents is 1. The van der Waals surface area contributed by atoms with E-state index in [9.17, 15) is 10.1 Å². The summed E-state index contributed by atoms with van der Waals surface area (Å²) in [5.41, 5.74) is 1.77. The maximum absolute atomic E-state index is 11.0. The van der Waals surface area contributed by atoms with Crippen LogP contribution in [0.2, 0.25) is 0 Å². The third kappa shape index (κ3) is 1.98. The average Bonchev–Trinajstić information content (AvgIpc) is 2.26. The van der Waals surface area contributed by atoms with Gasteiger partial charge in [-0.3, -0.25) is 15.1 Å². The van der Waals surface area contributed by atoms with Crippen molar-refractivity contribution in [2.45, 2.75) is 26.2 Å². The second kappa shape index (κ2) is 3.80. The van der Waals surface area contributed by atoms with Crippen molar-refractivity contribution in [3.63, 3.8) is 0 Å². The number of pyridine rings is 1. The molecule has 0 unspecified atom stereocenters. The highest BCUT2D eigenvalue weighted by atomic mass is 16.6. The van der Waals surface area contributed by atoms with Crippen LogP contribution in [0.5, 0.6) is 0 Å². The van der Waals surface area contributed by atoms with Gasteiger partial charge in [0.1, 0.15) is 0 Å². The van der Waals surface area contributed by atoms with Gasteiger partial charge in [-0.2, -0.15) is 0 Å². The minimum atomic E-state index is -0.365. The summed E-state index contributed by atoms with van der Waals surface area (Å²) < 4.78 is 0. The second-order valence-corrected chi connectivity index (χ2v) is 5.04. The van der Waals surface area contributed by atoms with Crippen LogP contribution in [-0.2, 0) is 5.41 Å². The Morgan fingerprint density at radius 3 is 2.53 bits per heavy atom.